The highest BCUT2D eigenvalue weighted by Gasteiger charge is 2.00. The summed E-state index contributed by atoms with van der Waals surface area (Å²) in [6.07, 6.45) is 2.67. The minimum atomic E-state index is -0.436. The largest absolute Gasteiger partial charge is 0.595 e. The zero-order valence-electron chi connectivity index (χ0n) is 8.54. The number of alkyl halides is 1. The van der Waals surface area contributed by atoms with Crippen LogP contribution in [0, 0.1) is 5.21 Å². The van der Waals surface area contributed by atoms with Crippen molar-refractivity contribution in [2.75, 3.05) is 19.1 Å². The molecule has 0 saturated carbocycles. The van der Waals surface area contributed by atoms with Gasteiger partial charge in [0.25, 0.3) is 0 Å². The number of carbonyl (C=O) groups excluding carboxylic acids is 1. The SMILES string of the molecule is C=C[NH+]([O-])OCCCCOC(=O)CCCl. The van der Waals surface area contributed by atoms with Gasteiger partial charge in [0, 0.05) is 5.88 Å². The van der Waals surface area contributed by atoms with Gasteiger partial charge in [-0.25, -0.2) is 0 Å². The quantitative estimate of drug-likeness (QED) is 0.273. The van der Waals surface area contributed by atoms with E-state index in [1.165, 1.54) is 0 Å². The molecule has 0 saturated heterocycles. The molecule has 0 aliphatic heterocycles. The van der Waals surface area contributed by atoms with Crippen LogP contribution in [0.4, 0.5) is 0 Å². The first-order valence-corrected chi connectivity index (χ1v) is 5.25. The predicted molar refractivity (Wildman–Crippen MR) is 56.0 cm³/mol. The van der Waals surface area contributed by atoms with E-state index in [4.69, 9.17) is 21.2 Å². The summed E-state index contributed by atoms with van der Waals surface area (Å²) in [5.74, 6) is -0.0245. The molecule has 0 rings (SSSR count). The Labute approximate surface area is 94.1 Å². The topological polar surface area (TPSA) is 63.0 Å². The van der Waals surface area contributed by atoms with Gasteiger partial charge in [-0.3, -0.25) is 4.79 Å². The van der Waals surface area contributed by atoms with Crippen LogP contribution in [0.5, 0.6) is 0 Å². The third-order valence-electron chi connectivity index (χ3n) is 1.51. The molecule has 15 heavy (non-hydrogen) atoms. The average molecular weight is 238 g/mol. The summed E-state index contributed by atoms with van der Waals surface area (Å²) in [7, 11) is 0. The standard InChI is InChI=1S/C9H16ClNO4/c1-2-11(13)15-8-4-3-7-14-9(12)5-6-10/h2,11H,1,3-8H2. The third-order valence-corrected chi connectivity index (χ3v) is 1.70. The number of ether oxygens (including phenoxy) is 1. The summed E-state index contributed by atoms with van der Waals surface area (Å²) in [6, 6.07) is 0. The highest BCUT2D eigenvalue weighted by Crippen LogP contribution is 1.94. The van der Waals surface area contributed by atoms with Gasteiger partial charge in [-0.05, 0) is 19.4 Å². The van der Waals surface area contributed by atoms with Gasteiger partial charge < -0.3 is 9.94 Å². The van der Waals surface area contributed by atoms with Crippen molar-refractivity contribution >= 4 is 17.6 Å². The van der Waals surface area contributed by atoms with Crippen molar-refractivity contribution in [1.82, 2.24) is 0 Å². The van der Waals surface area contributed by atoms with Gasteiger partial charge in [-0.15, -0.1) is 11.6 Å². The van der Waals surface area contributed by atoms with Gasteiger partial charge >= 0.3 is 5.97 Å². The fourth-order valence-corrected chi connectivity index (χ4v) is 0.925. The number of carbonyl (C=O) groups is 1. The summed E-state index contributed by atoms with van der Waals surface area (Å²) in [5, 5.41) is 10.2. The third kappa shape index (κ3) is 9.68. The van der Waals surface area contributed by atoms with Crippen LogP contribution in [0.1, 0.15) is 19.3 Å². The maximum Gasteiger partial charge on any atom is 0.306 e. The smallest absolute Gasteiger partial charge is 0.306 e. The molecule has 0 aromatic carbocycles. The molecule has 1 unspecified atom stereocenters. The maximum absolute atomic E-state index is 10.8. The van der Waals surface area contributed by atoms with Crippen molar-refractivity contribution in [3.8, 4) is 0 Å². The summed E-state index contributed by atoms with van der Waals surface area (Å²) >= 11 is 5.34. The van der Waals surface area contributed by atoms with Crippen molar-refractivity contribution in [2.45, 2.75) is 19.3 Å². The lowest BCUT2D eigenvalue weighted by Crippen LogP contribution is -3.01. The predicted octanol–water partition coefficient (Wildman–Crippen LogP) is 0.396. The molecule has 0 aliphatic carbocycles. The van der Waals surface area contributed by atoms with Gasteiger partial charge in [-0.1, -0.05) is 0 Å². The lowest BCUT2D eigenvalue weighted by molar-refractivity contribution is -1.01. The summed E-state index contributed by atoms with van der Waals surface area (Å²) in [6.45, 7) is 3.92. The lowest BCUT2D eigenvalue weighted by atomic mass is 10.3. The number of hydrogen-bond acceptors (Lipinski definition) is 4. The second kappa shape index (κ2) is 9.92. The van der Waals surface area contributed by atoms with Crippen LogP contribution in [-0.2, 0) is 14.4 Å². The summed E-state index contributed by atoms with van der Waals surface area (Å²) < 4.78 is 4.83. The monoisotopic (exact) mass is 237 g/mol. The lowest BCUT2D eigenvalue weighted by Gasteiger charge is -2.13. The number of hydrogen-bond donors (Lipinski definition) is 1. The molecule has 0 fully saturated rings. The number of esters is 1. The summed E-state index contributed by atoms with van der Waals surface area (Å²) in [4.78, 5) is 15.6. The van der Waals surface area contributed by atoms with Gasteiger partial charge in [0.2, 0.25) is 0 Å². The number of nitrogens with one attached hydrogen (secondary N) is 1. The molecule has 6 heteroatoms. The second-order valence-corrected chi connectivity index (χ2v) is 3.12. The van der Waals surface area contributed by atoms with Gasteiger partial charge in [-0.2, -0.15) is 10.1 Å². The molecule has 0 radical (unpaired) electrons. The number of rotatable bonds is 9. The fraction of sp³-hybridized carbons (Fsp3) is 0.667. The molecule has 0 aromatic rings. The van der Waals surface area contributed by atoms with Crippen LogP contribution < -0.4 is 5.23 Å². The molecule has 1 atom stereocenters. The van der Waals surface area contributed by atoms with Gasteiger partial charge in [0.05, 0.1) is 13.0 Å². The van der Waals surface area contributed by atoms with Crippen LogP contribution >= 0.6 is 11.6 Å². The molecule has 0 aromatic heterocycles. The minimum absolute atomic E-state index is 0.229. The van der Waals surface area contributed by atoms with Crippen LogP contribution in [-0.4, -0.2) is 25.1 Å². The van der Waals surface area contributed by atoms with Crippen molar-refractivity contribution in [3.63, 3.8) is 0 Å². The first-order valence-electron chi connectivity index (χ1n) is 4.71. The number of halogens is 1. The minimum Gasteiger partial charge on any atom is -0.595 e. The zero-order valence-corrected chi connectivity index (χ0v) is 9.29. The van der Waals surface area contributed by atoms with Gasteiger partial charge in [0.1, 0.15) is 12.8 Å². The summed E-state index contributed by atoms with van der Waals surface area (Å²) in [5.41, 5.74) is 0. The van der Waals surface area contributed by atoms with E-state index in [-0.39, 0.29) is 18.3 Å². The Morgan fingerprint density at radius 1 is 1.47 bits per heavy atom. The van der Waals surface area contributed by atoms with Crippen molar-refractivity contribution in [2.24, 2.45) is 0 Å². The first-order chi connectivity index (χ1) is 7.20. The molecule has 5 nitrogen and oxygen atoms in total. The Bertz CT molecular complexity index is 189. The first kappa shape index (κ1) is 14.4. The van der Waals surface area contributed by atoms with E-state index >= 15 is 0 Å². The molecule has 0 amide bonds. The number of quaternary nitrogens is 1. The Morgan fingerprint density at radius 3 is 2.73 bits per heavy atom. The number of hydroxylamine groups is 2. The van der Waals surface area contributed by atoms with Crippen molar-refractivity contribution in [3.05, 3.63) is 18.0 Å². The van der Waals surface area contributed by atoms with E-state index in [1.54, 1.807) is 0 Å². The van der Waals surface area contributed by atoms with E-state index < -0.39 is 5.23 Å². The molecule has 0 bridgehead atoms. The molecular formula is C9H16ClNO4. The highest BCUT2D eigenvalue weighted by molar-refractivity contribution is 6.18. The van der Waals surface area contributed by atoms with Crippen molar-refractivity contribution in [1.29, 1.82) is 0 Å². The zero-order chi connectivity index (χ0) is 11.5. The highest BCUT2D eigenvalue weighted by atomic mass is 35.5. The average Bonchev–Trinajstić information content (AvgIpc) is 2.23. The Kier molecular flexibility index (Phi) is 9.51. The van der Waals surface area contributed by atoms with E-state index in [1.807, 2.05) is 0 Å². The molecule has 0 spiro atoms. The molecule has 0 aliphatic rings. The Hall–Kier alpha value is -0.620. The Morgan fingerprint density at radius 2 is 2.13 bits per heavy atom. The molecule has 0 heterocycles. The Balaban J connectivity index is 3.17. The second-order valence-electron chi connectivity index (χ2n) is 2.74. The number of unbranched alkanes of at least 4 members (excludes halogenated alkanes) is 1. The molecule has 1 N–H and O–H groups in total. The van der Waals surface area contributed by atoms with Gasteiger partial charge in [0.15, 0.2) is 0 Å². The van der Waals surface area contributed by atoms with E-state index in [0.717, 1.165) is 6.20 Å². The van der Waals surface area contributed by atoms with E-state index in [9.17, 15) is 10.0 Å². The van der Waals surface area contributed by atoms with Crippen LogP contribution in [0.2, 0.25) is 0 Å². The van der Waals surface area contributed by atoms with E-state index in [2.05, 4.69) is 6.58 Å². The molecular weight excluding hydrogens is 222 g/mol. The van der Waals surface area contributed by atoms with Crippen LogP contribution in [0.15, 0.2) is 12.8 Å². The fourth-order valence-electron chi connectivity index (χ4n) is 0.771. The normalized spacial score (nSPS) is 12.1. The van der Waals surface area contributed by atoms with E-state index in [0.29, 0.717) is 26.1 Å². The maximum atomic E-state index is 10.8. The van der Waals surface area contributed by atoms with Crippen LogP contribution in [0.3, 0.4) is 0 Å². The van der Waals surface area contributed by atoms with Crippen molar-refractivity contribution < 1.29 is 19.6 Å². The molecule has 88 valence electrons. The van der Waals surface area contributed by atoms with Crippen LogP contribution in [0.25, 0.3) is 0 Å².